The molecule has 3 rings (SSSR count). The molecule has 0 aliphatic heterocycles. The summed E-state index contributed by atoms with van der Waals surface area (Å²) < 4.78 is 28.8. The number of sulfonamides is 1. The van der Waals surface area contributed by atoms with Crippen molar-refractivity contribution in [2.24, 2.45) is 0 Å². The smallest absolute Gasteiger partial charge is 0.264 e. The molecule has 0 spiro atoms. The second-order valence-electron chi connectivity index (χ2n) is 9.27. The highest BCUT2D eigenvalue weighted by molar-refractivity contribution is 7.92. The molecule has 1 atom stereocenters. The zero-order valence-electron chi connectivity index (χ0n) is 22.6. The fraction of sp³-hybridized carbons (Fsp3) is 0.333. The minimum Gasteiger partial charge on any atom is -0.354 e. The number of hydrogen-bond acceptors (Lipinski definition) is 4. The van der Waals surface area contributed by atoms with Crippen molar-refractivity contribution in [1.29, 1.82) is 0 Å². The van der Waals surface area contributed by atoms with Gasteiger partial charge in [0.05, 0.1) is 10.6 Å². The lowest BCUT2D eigenvalue weighted by molar-refractivity contribution is -0.140. The number of anilines is 1. The summed E-state index contributed by atoms with van der Waals surface area (Å²) in [5.74, 6) is -0.695. The quantitative estimate of drug-likeness (QED) is 0.360. The molecule has 3 aromatic carbocycles. The van der Waals surface area contributed by atoms with Gasteiger partial charge in [-0.15, -0.1) is 0 Å². The van der Waals surface area contributed by atoms with E-state index < -0.39 is 28.5 Å². The highest BCUT2D eigenvalue weighted by atomic mass is 32.2. The minimum absolute atomic E-state index is 0.0919. The van der Waals surface area contributed by atoms with Crippen LogP contribution in [0.15, 0.2) is 83.8 Å². The van der Waals surface area contributed by atoms with Gasteiger partial charge in [-0.05, 0) is 61.6 Å². The molecule has 8 heteroatoms. The van der Waals surface area contributed by atoms with Gasteiger partial charge in [-0.3, -0.25) is 13.9 Å². The van der Waals surface area contributed by atoms with Crippen LogP contribution in [0.5, 0.6) is 0 Å². The molecule has 3 aromatic rings. The number of rotatable bonds is 12. The van der Waals surface area contributed by atoms with E-state index in [0.29, 0.717) is 18.7 Å². The fourth-order valence-corrected chi connectivity index (χ4v) is 5.83. The van der Waals surface area contributed by atoms with Gasteiger partial charge in [0.2, 0.25) is 11.8 Å². The Kier molecular flexibility index (Phi) is 10.1. The van der Waals surface area contributed by atoms with E-state index in [1.165, 1.54) is 17.0 Å². The molecule has 2 amide bonds. The lowest BCUT2D eigenvalue weighted by atomic mass is 10.1. The van der Waals surface area contributed by atoms with Crippen LogP contribution >= 0.6 is 0 Å². The second kappa shape index (κ2) is 13.2. The molecular weight excluding hydrogens is 498 g/mol. The van der Waals surface area contributed by atoms with Crippen molar-refractivity contribution in [3.05, 3.63) is 95.6 Å². The van der Waals surface area contributed by atoms with E-state index >= 15 is 0 Å². The van der Waals surface area contributed by atoms with Crippen molar-refractivity contribution in [1.82, 2.24) is 10.2 Å². The first-order valence-electron chi connectivity index (χ1n) is 13.0. The Labute approximate surface area is 226 Å². The predicted molar refractivity (Wildman–Crippen MR) is 151 cm³/mol. The molecule has 7 nitrogen and oxygen atoms in total. The number of benzene rings is 3. The van der Waals surface area contributed by atoms with Crippen molar-refractivity contribution in [2.75, 3.05) is 17.4 Å². The summed E-state index contributed by atoms with van der Waals surface area (Å²) in [6, 6.07) is 22.1. The van der Waals surface area contributed by atoms with Crippen LogP contribution in [0.3, 0.4) is 0 Å². The summed E-state index contributed by atoms with van der Waals surface area (Å²) in [5, 5.41) is 2.90. The third-order valence-electron chi connectivity index (χ3n) is 6.53. The number of nitrogens with zero attached hydrogens (tertiary/aromatic N) is 2. The van der Waals surface area contributed by atoms with Crippen molar-refractivity contribution in [3.8, 4) is 0 Å². The SMILES string of the molecule is CCCNC(=O)[C@@H](CC)N(Cc1ccccc1C)C(=O)CN(c1ccccc1C)S(=O)(=O)c1ccccc1. The van der Waals surface area contributed by atoms with E-state index in [2.05, 4.69) is 5.32 Å². The molecule has 0 saturated carbocycles. The largest absolute Gasteiger partial charge is 0.354 e. The summed E-state index contributed by atoms with van der Waals surface area (Å²) in [6.45, 7) is 7.84. The minimum atomic E-state index is -4.07. The summed E-state index contributed by atoms with van der Waals surface area (Å²) >= 11 is 0. The van der Waals surface area contributed by atoms with Crippen molar-refractivity contribution >= 4 is 27.5 Å². The third kappa shape index (κ3) is 6.81. The van der Waals surface area contributed by atoms with Gasteiger partial charge in [-0.25, -0.2) is 8.42 Å². The third-order valence-corrected chi connectivity index (χ3v) is 8.31. The monoisotopic (exact) mass is 535 g/mol. The first kappa shape index (κ1) is 28.9. The van der Waals surface area contributed by atoms with E-state index in [1.807, 2.05) is 64.1 Å². The van der Waals surface area contributed by atoms with E-state index in [1.54, 1.807) is 30.3 Å². The number of aryl methyl sites for hydroxylation is 2. The van der Waals surface area contributed by atoms with Gasteiger partial charge in [0.25, 0.3) is 10.0 Å². The van der Waals surface area contributed by atoms with Gasteiger partial charge in [0, 0.05) is 13.1 Å². The number of nitrogens with one attached hydrogen (secondary N) is 1. The van der Waals surface area contributed by atoms with E-state index in [4.69, 9.17) is 0 Å². The van der Waals surface area contributed by atoms with Crippen LogP contribution < -0.4 is 9.62 Å². The number of hydrogen-bond donors (Lipinski definition) is 1. The molecule has 0 saturated heterocycles. The molecule has 202 valence electrons. The molecule has 0 unspecified atom stereocenters. The van der Waals surface area contributed by atoms with Gasteiger partial charge in [0.1, 0.15) is 12.6 Å². The van der Waals surface area contributed by atoms with Crippen LogP contribution in [0.25, 0.3) is 0 Å². The first-order chi connectivity index (χ1) is 18.2. The summed E-state index contributed by atoms with van der Waals surface area (Å²) in [6.07, 6.45) is 1.16. The van der Waals surface area contributed by atoms with Gasteiger partial charge in [0.15, 0.2) is 0 Å². The Hall–Kier alpha value is -3.65. The molecule has 0 fully saturated rings. The number of carbonyl (C=O) groups is 2. The van der Waals surface area contributed by atoms with Crippen molar-refractivity contribution in [2.45, 2.75) is 58.0 Å². The second-order valence-corrected chi connectivity index (χ2v) is 11.1. The molecule has 1 N–H and O–H groups in total. The standard InChI is InChI=1S/C30H37N3O4S/c1-5-20-31-30(35)27(6-2)32(21-25-16-12-10-14-23(25)3)29(34)22-33(28-19-13-11-15-24(28)4)38(36,37)26-17-8-7-9-18-26/h7-19,27H,5-6,20-22H2,1-4H3,(H,31,35)/t27-/m1/s1. The predicted octanol–water partition coefficient (Wildman–Crippen LogP) is 4.83. The normalized spacial score (nSPS) is 12.0. The highest BCUT2D eigenvalue weighted by Gasteiger charge is 2.34. The Morgan fingerprint density at radius 2 is 1.45 bits per heavy atom. The number of para-hydroxylation sites is 1. The Morgan fingerprint density at radius 3 is 2.05 bits per heavy atom. The van der Waals surface area contributed by atoms with E-state index in [9.17, 15) is 18.0 Å². The summed E-state index contributed by atoms with van der Waals surface area (Å²) in [4.78, 5) is 28.8. The van der Waals surface area contributed by atoms with Crippen LogP contribution in [0, 0.1) is 13.8 Å². The molecule has 0 aliphatic carbocycles. The first-order valence-corrected chi connectivity index (χ1v) is 14.4. The maximum atomic E-state index is 14.1. The average molecular weight is 536 g/mol. The molecule has 0 heterocycles. The topological polar surface area (TPSA) is 86.8 Å². The Morgan fingerprint density at radius 1 is 0.842 bits per heavy atom. The van der Waals surface area contributed by atoms with Crippen LogP contribution in [0.1, 0.15) is 43.4 Å². The number of carbonyl (C=O) groups excluding carboxylic acids is 2. The van der Waals surface area contributed by atoms with Gasteiger partial charge in [-0.1, -0.05) is 74.5 Å². The number of amides is 2. The van der Waals surface area contributed by atoms with Crippen LogP contribution in [0.4, 0.5) is 5.69 Å². The van der Waals surface area contributed by atoms with E-state index in [0.717, 1.165) is 27.4 Å². The van der Waals surface area contributed by atoms with Gasteiger partial charge >= 0.3 is 0 Å². The van der Waals surface area contributed by atoms with Crippen molar-refractivity contribution in [3.63, 3.8) is 0 Å². The maximum absolute atomic E-state index is 14.1. The van der Waals surface area contributed by atoms with Crippen LogP contribution in [-0.2, 0) is 26.2 Å². The molecule has 38 heavy (non-hydrogen) atoms. The summed E-state index contributed by atoms with van der Waals surface area (Å²) in [5.41, 5.74) is 3.03. The molecule has 0 radical (unpaired) electrons. The van der Waals surface area contributed by atoms with Gasteiger partial charge < -0.3 is 10.2 Å². The zero-order chi connectivity index (χ0) is 27.7. The average Bonchev–Trinajstić information content (AvgIpc) is 2.92. The lowest BCUT2D eigenvalue weighted by Gasteiger charge is -2.34. The molecule has 0 aromatic heterocycles. The lowest BCUT2D eigenvalue weighted by Crippen LogP contribution is -2.52. The fourth-order valence-electron chi connectivity index (χ4n) is 4.33. The van der Waals surface area contributed by atoms with E-state index in [-0.39, 0.29) is 17.3 Å². The zero-order valence-corrected chi connectivity index (χ0v) is 23.4. The molecular formula is C30H37N3O4S. The Bertz CT molecular complexity index is 1340. The molecule has 0 bridgehead atoms. The van der Waals surface area contributed by atoms with Gasteiger partial charge in [-0.2, -0.15) is 0 Å². The maximum Gasteiger partial charge on any atom is 0.264 e. The van der Waals surface area contributed by atoms with Crippen molar-refractivity contribution < 1.29 is 18.0 Å². The summed E-state index contributed by atoms with van der Waals surface area (Å²) in [7, 11) is -4.07. The highest BCUT2D eigenvalue weighted by Crippen LogP contribution is 2.27. The Balaban J connectivity index is 2.06. The van der Waals surface area contributed by atoms with Crippen LogP contribution in [0.2, 0.25) is 0 Å². The van der Waals surface area contributed by atoms with Crippen LogP contribution in [-0.4, -0.2) is 44.3 Å². The molecule has 0 aliphatic rings.